The Labute approximate surface area is 100 Å². The van der Waals surface area contributed by atoms with E-state index in [4.69, 9.17) is 5.73 Å². The molecule has 1 saturated heterocycles. The Morgan fingerprint density at radius 2 is 2.41 bits per heavy atom. The van der Waals surface area contributed by atoms with E-state index in [1.165, 1.54) is 6.42 Å². The van der Waals surface area contributed by atoms with Gasteiger partial charge in [0.15, 0.2) is 5.69 Å². The Hall–Kier alpha value is -1.69. The van der Waals surface area contributed by atoms with Crippen molar-refractivity contribution < 1.29 is 4.79 Å². The average molecular weight is 235 g/mol. The van der Waals surface area contributed by atoms with Crippen LogP contribution < -0.4 is 11.1 Å². The number of nitrogens with two attached hydrogens (primary N) is 1. The van der Waals surface area contributed by atoms with Crippen molar-refractivity contribution in [3.05, 3.63) is 17.8 Å². The molecule has 1 aliphatic rings. The maximum atomic E-state index is 10.8. The van der Waals surface area contributed by atoms with Gasteiger partial charge in [-0.3, -0.25) is 4.79 Å². The van der Waals surface area contributed by atoms with Gasteiger partial charge in [0.05, 0.1) is 0 Å². The van der Waals surface area contributed by atoms with E-state index in [0.717, 1.165) is 19.6 Å². The van der Waals surface area contributed by atoms with Crippen LogP contribution in [0.1, 0.15) is 16.9 Å². The fourth-order valence-electron chi connectivity index (χ4n) is 2.00. The third-order valence-corrected chi connectivity index (χ3v) is 2.98. The number of anilines is 1. The Kier molecular flexibility index (Phi) is 3.53. The Morgan fingerprint density at radius 3 is 2.94 bits per heavy atom. The van der Waals surface area contributed by atoms with Crippen LogP contribution in [0.25, 0.3) is 0 Å². The van der Waals surface area contributed by atoms with E-state index in [9.17, 15) is 4.79 Å². The molecular formula is C11H17N5O. The van der Waals surface area contributed by atoms with Crippen LogP contribution in [0.5, 0.6) is 0 Å². The van der Waals surface area contributed by atoms with Crippen LogP contribution in [0, 0.1) is 5.92 Å². The van der Waals surface area contributed by atoms with Crippen LogP contribution in [0.2, 0.25) is 0 Å². The lowest BCUT2D eigenvalue weighted by atomic mass is 10.1. The number of likely N-dealkylation sites (tertiary alicyclic amines) is 1. The zero-order valence-corrected chi connectivity index (χ0v) is 9.89. The molecule has 1 fully saturated rings. The largest absolute Gasteiger partial charge is 0.368 e. The topological polar surface area (TPSA) is 84.1 Å². The molecule has 0 aromatic carbocycles. The summed E-state index contributed by atoms with van der Waals surface area (Å²) in [5.41, 5.74) is 5.28. The van der Waals surface area contributed by atoms with Gasteiger partial charge in [-0.15, -0.1) is 10.2 Å². The minimum Gasteiger partial charge on any atom is -0.368 e. The van der Waals surface area contributed by atoms with Crippen molar-refractivity contribution in [3.8, 4) is 0 Å². The van der Waals surface area contributed by atoms with Gasteiger partial charge in [-0.25, -0.2) is 0 Å². The number of nitrogens with one attached hydrogen (secondary N) is 1. The monoisotopic (exact) mass is 235 g/mol. The van der Waals surface area contributed by atoms with Gasteiger partial charge in [0, 0.05) is 13.1 Å². The molecule has 0 aliphatic carbocycles. The second kappa shape index (κ2) is 5.09. The van der Waals surface area contributed by atoms with Crippen LogP contribution in [0.4, 0.5) is 5.82 Å². The Balaban J connectivity index is 1.85. The van der Waals surface area contributed by atoms with E-state index >= 15 is 0 Å². The summed E-state index contributed by atoms with van der Waals surface area (Å²) >= 11 is 0. The van der Waals surface area contributed by atoms with Gasteiger partial charge in [0.2, 0.25) is 0 Å². The van der Waals surface area contributed by atoms with Gasteiger partial charge in [-0.1, -0.05) is 0 Å². The summed E-state index contributed by atoms with van der Waals surface area (Å²) in [6.07, 6.45) is 1.20. The number of carbonyl (C=O) groups is 1. The number of hydrogen-bond donors (Lipinski definition) is 2. The van der Waals surface area contributed by atoms with Crippen LogP contribution in [0.15, 0.2) is 12.1 Å². The summed E-state index contributed by atoms with van der Waals surface area (Å²) in [5.74, 6) is 0.781. The number of aromatic nitrogens is 2. The standard InChI is InChI=1S/C11H17N5O/c1-16-5-4-8(7-16)6-13-10-3-2-9(11(12)17)14-15-10/h2-3,8H,4-7H2,1H3,(H2,12,17)(H,13,15). The first kappa shape index (κ1) is 11.8. The highest BCUT2D eigenvalue weighted by atomic mass is 16.1. The zero-order chi connectivity index (χ0) is 12.3. The van der Waals surface area contributed by atoms with Crippen molar-refractivity contribution >= 4 is 11.7 Å². The van der Waals surface area contributed by atoms with Gasteiger partial charge in [-0.05, 0) is 38.1 Å². The molecule has 17 heavy (non-hydrogen) atoms. The molecule has 0 saturated carbocycles. The predicted octanol–water partition coefficient (Wildman–Crippen LogP) is -0.0609. The summed E-state index contributed by atoms with van der Waals surface area (Å²) in [4.78, 5) is 13.1. The van der Waals surface area contributed by atoms with Gasteiger partial charge < -0.3 is 16.0 Å². The summed E-state index contributed by atoms with van der Waals surface area (Å²) in [5, 5.41) is 10.9. The maximum Gasteiger partial charge on any atom is 0.269 e. The third-order valence-electron chi connectivity index (χ3n) is 2.98. The first-order valence-corrected chi connectivity index (χ1v) is 5.71. The van der Waals surface area contributed by atoms with Crippen LogP contribution in [-0.4, -0.2) is 47.7 Å². The summed E-state index contributed by atoms with van der Waals surface area (Å²) in [6, 6.07) is 3.31. The highest BCUT2D eigenvalue weighted by Crippen LogP contribution is 2.14. The van der Waals surface area contributed by atoms with Crippen molar-refractivity contribution in [2.45, 2.75) is 6.42 Å². The highest BCUT2D eigenvalue weighted by Gasteiger charge is 2.18. The molecule has 1 aromatic heterocycles. The molecule has 6 nitrogen and oxygen atoms in total. The normalized spacial score (nSPS) is 20.4. The van der Waals surface area contributed by atoms with Crippen LogP contribution >= 0.6 is 0 Å². The molecule has 1 aromatic rings. The molecule has 0 spiro atoms. The number of nitrogens with zero attached hydrogens (tertiary/aromatic N) is 3. The second-order valence-corrected chi connectivity index (χ2v) is 4.47. The number of amides is 1. The molecule has 3 N–H and O–H groups in total. The Bertz CT molecular complexity index is 391. The van der Waals surface area contributed by atoms with E-state index in [0.29, 0.717) is 11.7 Å². The van der Waals surface area contributed by atoms with Gasteiger partial charge in [0.25, 0.3) is 5.91 Å². The average Bonchev–Trinajstić information content (AvgIpc) is 2.73. The molecule has 1 amide bonds. The highest BCUT2D eigenvalue weighted by molar-refractivity contribution is 5.90. The minimum absolute atomic E-state index is 0.191. The molecule has 0 radical (unpaired) electrons. The first-order chi connectivity index (χ1) is 8.15. The molecule has 0 bridgehead atoms. The SMILES string of the molecule is CN1CCC(CNc2ccc(C(N)=O)nn2)C1. The molecule has 1 unspecified atom stereocenters. The van der Waals surface area contributed by atoms with E-state index in [1.807, 2.05) is 0 Å². The number of hydrogen-bond acceptors (Lipinski definition) is 5. The van der Waals surface area contributed by atoms with E-state index < -0.39 is 5.91 Å². The molecule has 1 atom stereocenters. The lowest BCUT2D eigenvalue weighted by Gasteiger charge is -2.11. The molecular weight excluding hydrogens is 218 g/mol. The first-order valence-electron chi connectivity index (χ1n) is 5.71. The molecule has 92 valence electrons. The van der Waals surface area contributed by atoms with Crippen molar-refractivity contribution in [1.82, 2.24) is 15.1 Å². The minimum atomic E-state index is -0.554. The van der Waals surface area contributed by atoms with Crippen molar-refractivity contribution in [2.75, 3.05) is 32.0 Å². The third kappa shape index (κ3) is 3.13. The van der Waals surface area contributed by atoms with Crippen molar-refractivity contribution in [3.63, 3.8) is 0 Å². The van der Waals surface area contributed by atoms with Gasteiger partial charge in [0.1, 0.15) is 5.82 Å². The van der Waals surface area contributed by atoms with Gasteiger partial charge >= 0.3 is 0 Å². The van der Waals surface area contributed by atoms with E-state index in [2.05, 4.69) is 27.5 Å². The van der Waals surface area contributed by atoms with E-state index in [-0.39, 0.29) is 5.69 Å². The fraction of sp³-hybridized carbons (Fsp3) is 0.545. The number of primary amides is 1. The quantitative estimate of drug-likeness (QED) is 0.763. The van der Waals surface area contributed by atoms with Crippen LogP contribution in [-0.2, 0) is 0 Å². The summed E-state index contributed by atoms with van der Waals surface area (Å²) in [6.45, 7) is 3.15. The molecule has 2 heterocycles. The second-order valence-electron chi connectivity index (χ2n) is 4.47. The fourth-order valence-corrected chi connectivity index (χ4v) is 2.00. The zero-order valence-electron chi connectivity index (χ0n) is 9.89. The lowest BCUT2D eigenvalue weighted by Crippen LogP contribution is -2.20. The van der Waals surface area contributed by atoms with E-state index in [1.54, 1.807) is 12.1 Å². The Morgan fingerprint density at radius 1 is 1.59 bits per heavy atom. The maximum absolute atomic E-state index is 10.8. The smallest absolute Gasteiger partial charge is 0.269 e. The number of carbonyl (C=O) groups excluding carboxylic acids is 1. The summed E-state index contributed by atoms with van der Waals surface area (Å²) < 4.78 is 0. The van der Waals surface area contributed by atoms with Crippen molar-refractivity contribution in [2.24, 2.45) is 11.7 Å². The molecule has 1 aliphatic heterocycles. The lowest BCUT2D eigenvalue weighted by molar-refractivity contribution is 0.0994. The van der Waals surface area contributed by atoms with Crippen LogP contribution in [0.3, 0.4) is 0 Å². The van der Waals surface area contributed by atoms with Crippen molar-refractivity contribution in [1.29, 1.82) is 0 Å². The number of rotatable bonds is 4. The predicted molar refractivity (Wildman–Crippen MR) is 64.6 cm³/mol. The molecule has 2 rings (SSSR count). The summed E-state index contributed by atoms with van der Waals surface area (Å²) in [7, 11) is 2.13. The molecule has 6 heteroatoms. The van der Waals surface area contributed by atoms with Gasteiger partial charge in [-0.2, -0.15) is 0 Å².